The summed E-state index contributed by atoms with van der Waals surface area (Å²) in [6, 6.07) is 9.75. The lowest BCUT2D eigenvalue weighted by atomic mass is 10.1. The van der Waals surface area contributed by atoms with Crippen LogP contribution in [0.2, 0.25) is 0 Å². The first-order valence-corrected chi connectivity index (χ1v) is 9.00. The number of hydrogen-bond acceptors (Lipinski definition) is 3. The normalized spacial score (nSPS) is 16.1. The minimum absolute atomic E-state index is 0.00857. The Kier molecular flexibility index (Phi) is 5.11. The second kappa shape index (κ2) is 7.32. The molecule has 0 aliphatic carbocycles. The molecule has 3 rings (SSSR count). The lowest BCUT2D eigenvalue weighted by Crippen LogP contribution is -2.53. The molecule has 0 saturated carbocycles. The lowest BCUT2D eigenvalue weighted by molar-refractivity contribution is -0.147. The minimum atomic E-state index is -0.403. The molecule has 138 valence electrons. The molecule has 26 heavy (non-hydrogen) atoms. The summed E-state index contributed by atoms with van der Waals surface area (Å²) in [7, 11) is 0. The Morgan fingerprint density at radius 2 is 1.85 bits per heavy atom. The topological polar surface area (TPSA) is 58.4 Å². The Morgan fingerprint density at radius 1 is 1.15 bits per heavy atom. The third-order valence-electron chi connectivity index (χ3n) is 4.89. The van der Waals surface area contributed by atoms with E-state index in [0.29, 0.717) is 19.6 Å². The molecule has 0 radical (unpaired) electrons. The van der Waals surface area contributed by atoms with Gasteiger partial charge in [0.05, 0.1) is 12.2 Å². The van der Waals surface area contributed by atoms with Crippen molar-refractivity contribution in [2.24, 2.45) is 0 Å². The summed E-state index contributed by atoms with van der Waals surface area (Å²) in [5.74, 6) is -0.0646. The van der Waals surface area contributed by atoms with Crippen molar-refractivity contribution in [1.29, 1.82) is 0 Å². The van der Waals surface area contributed by atoms with E-state index in [9.17, 15) is 9.59 Å². The maximum Gasteiger partial charge on any atom is 0.247 e. The zero-order chi connectivity index (χ0) is 18.8. The predicted molar refractivity (Wildman–Crippen MR) is 99.6 cm³/mol. The zero-order valence-corrected chi connectivity index (χ0v) is 15.9. The van der Waals surface area contributed by atoms with E-state index in [4.69, 9.17) is 0 Å². The van der Waals surface area contributed by atoms with Crippen molar-refractivity contribution in [3.8, 4) is 0 Å². The van der Waals surface area contributed by atoms with Crippen LogP contribution in [0.4, 0.5) is 0 Å². The molecule has 0 N–H and O–H groups in total. The highest BCUT2D eigenvalue weighted by Crippen LogP contribution is 2.17. The third kappa shape index (κ3) is 3.79. The minimum Gasteiger partial charge on any atom is -0.335 e. The van der Waals surface area contributed by atoms with E-state index >= 15 is 0 Å². The van der Waals surface area contributed by atoms with Crippen molar-refractivity contribution < 1.29 is 9.59 Å². The van der Waals surface area contributed by atoms with Gasteiger partial charge in [-0.15, -0.1) is 0 Å². The van der Waals surface area contributed by atoms with Crippen LogP contribution < -0.4 is 0 Å². The Morgan fingerprint density at radius 3 is 2.42 bits per heavy atom. The summed E-state index contributed by atoms with van der Waals surface area (Å²) < 4.78 is 1.74. The number of nitrogens with zero attached hydrogens (tertiary/aromatic N) is 4. The highest BCUT2D eigenvalue weighted by atomic mass is 16.2. The van der Waals surface area contributed by atoms with Crippen LogP contribution in [0.25, 0.3) is 0 Å². The average molecular weight is 354 g/mol. The smallest absolute Gasteiger partial charge is 0.247 e. The Bertz CT molecular complexity index is 810. The van der Waals surface area contributed by atoms with E-state index in [1.165, 1.54) is 5.56 Å². The Hall–Kier alpha value is -2.63. The van der Waals surface area contributed by atoms with E-state index in [2.05, 4.69) is 17.2 Å². The molecule has 0 bridgehead atoms. The fraction of sp³-hybridized carbons (Fsp3) is 0.450. The van der Waals surface area contributed by atoms with Gasteiger partial charge in [0.1, 0.15) is 6.04 Å². The van der Waals surface area contributed by atoms with E-state index in [1.807, 2.05) is 50.8 Å². The summed E-state index contributed by atoms with van der Waals surface area (Å²) in [6.45, 7) is 9.57. The highest BCUT2D eigenvalue weighted by Gasteiger charge is 2.30. The van der Waals surface area contributed by atoms with Gasteiger partial charge in [0.2, 0.25) is 11.8 Å². The summed E-state index contributed by atoms with van der Waals surface area (Å²) in [4.78, 5) is 28.8. The molecule has 1 aromatic heterocycles. The first-order chi connectivity index (χ1) is 12.3. The molecule has 1 aliphatic rings. The molecule has 1 saturated heterocycles. The molecule has 1 fully saturated rings. The van der Waals surface area contributed by atoms with Crippen LogP contribution in [-0.4, -0.2) is 51.0 Å². The average Bonchev–Trinajstić information content (AvgIpc) is 2.95. The van der Waals surface area contributed by atoms with Gasteiger partial charge in [0, 0.05) is 25.3 Å². The van der Waals surface area contributed by atoms with Crippen LogP contribution in [0.5, 0.6) is 0 Å². The monoisotopic (exact) mass is 354 g/mol. The highest BCUT2D eigenvalue weighted by molar-refractivity contribution is 5.87. The van der Waals surface area contributed by atoms with Gasteiger partial charge in [0.25, 0.3) is 0 Å². The van der Waals surface area contributed by atoms with Gasteiger partial charge in [-0.1, -0.05) is 29.8 Å². The van der Waals surface area contributed by atoms with E-state index < -0.39 is 6.04 Å². The maximum absolute atomic E-state index is 12.8. The Labute approximate surface area is 154 Å². The molecule has 2 amide bonds. The van der Waals surface area contributed by atoms with Gasteiger partial charge in [0.15, 0.2) is 0 Å². The Balaban J connectivity index is 1.62. The van der Waals surface area contributed by atoms with Crippen LogP contribution in [0.1, 0.15) is 35.5 Å². The van der Waals surface area contributed by atoms with Gasteiger partial charge in [-0.3, -0.25) is 14.3 Å². The number of carbonyl (C=O) groups is 2. The SMILES string of the molecule is Cc1ccc(CN2CCN(C(=O)C(C)n3nc(C)cc3C)CC2=O)cc1. The number of aryl methyl sites for hydroxylation is 3. The largest absolute Gasteiger partial charge is 0.335 e. The second-order valence-electron chi connectivity index (χ2n) is 7.11. The molecule has 1 atom stereocenters. The van der Waals surface area contributed by atoms with Gasteiger partial charge in [-0.25, -0.2) is 0 Å². The summed E-state index contributed by atoms with van der Waals surface area (Å²) >= 11 is 0. The van der Waals surface area contributed by atoms with Crippen molar-refractivity contribution >= 4 is 11.8 Å². The molecule has 2 heterocycles. The standard InChI is InChI=1S/C20H26N4O2/c1-14-5-7-18(8-6-14)12-22-9-10-23(13-19(22)25)20(26)17(4)24-16(3)11-15(2)21-24/h5-8,11,17H,9-10,12-13H2,1-4H3. The zero-order valence-electron chi connectivity index (χ0n) is 15.9. The quantitative estimate of drug-likeness (QED) is 0.846. The lowest BCUT2D eigenvalue weighted by Gasteiger charge is -2.35. The summed E-state index contributed by atoms with van der Waals surface area (Å²) in [5, 5.41) is 4.40. The van der Waals surface area contributed by atoms with Crippen molar-refractivity contribution in [3.63, 3.8) is 0 Å². The third-order valence-corrected chi connectivity index (χ3v) is 4.89. The van der Waals surface area contributed by atoms with E-state index in [1.54, 1.807) is 9.58 Å². The number of hydrogen-bond donors (Lipinski definition) is 0. The molecule has 6 nitrogen and oxygen atoms in total. The summed E-state index contributed by atoms with van der Waals surface area (Å²) in [6.07, 6.45) is 0. The van der Waals surface area contributed by atoms with Crippen LogP contribution in [0.15, 0.2) is 30.3 Å². The molecule has 1 unspecified atom stereocenters. The van der Waals surface area contributed by atoms with Gasteiger partial charge in [-0.05, 0) is 39.3 Å². The number of piperazine rings is 1. The molecule has 1 aliphatic heterocycles. The van der Waals surface area contributed by atoms with E-state index in [0.717, 1.165) is 17.0 Å². The summed E-state index contributed by atoms with van der Waals surface area (Å²) in [5.41, 5.74) is 4.15. The van der Waals surface area contributed by atoms with Gasteiger partial charge in [-0.2, -0.15) is 5.10 Å². The fourth-order valence-corrected chi connectivity index (χ4v) is 3.38. The van der Waals surface area contributed by atoms with Crippen molar-refractivity contribution in [1.82, 2.24) is 19.6 Å². The number of rotatable bonds is 4. The van der Waals surface area contributed by atoms with E-state index in [-0.39, 0.29) is 18.4 Å². The molecular formula is C20H26N4O2. The number of benzene rings is 1. The molecule has 0 spiro atoms. The molecule has 6 heteroatoms. The maximum atomic E-state index is 12.8. The number of aromatic nitrogens is 2. The molecule has 2 aromatic rings. The van der Waals surface area contributed by atoms with Crippen molar-refractivity contribution in [2.75, 3.05) is 19.6 Å². The predicted octanol–water partition coefficient (Wildman–Crippen LogP) is 2.24. The van der Waals surface area contributed by atoms with Gasteiger partial charge >= 0.3 is 0 Å². The van der Waals surface area contributed by atoms with Crippen LogP contribution >= 0.6 is 0 Å². The number of carbonyl (C=O) groups excluding carboxylic acids is 2. The first kappa shape index (κ1) is 18.2. The van der Waals surface area contributed by atoms with Crippen LogP contribution in [0.3, 0.4) is 0 Å². The van der Waals surface area contributed by atoms with Crippen LogP contribution in [0, 0.1) is 20.8 Å². The van der Waals surface area contributed by atoms with Gasteiger partial charge < -0.3 is 9.80 Å². The molecule has 1 aromatic carbocycles. The second-order valence-corrected chi connectivity index (χ2v) is 7.11. The van der Waals surface area contributed by atoms with Crippen molar-refractivity contribution in [3.05, 3.63) is 52.8 Å². The first-order valence-electron chi connectivity index (χ1n) is 9.00. The van der Waals surface area contributed by atoms with Crippen molar-refractivity contribution in [2.45, 2.75) is 40.3 Å². The fourth-order valence-electron chi connectivity index (χ4n) is 3.38. The van der Waals surface area contributed by atoms with Crippen LogP contribution in [-0.2, 0) is 16.1 Å². The number of amides is 2. The molecular weight excluding hydrogens is 328 g/mol.